The number of aliphatic hydroxyl groups excluding tert-OH is 1. The maximum Gasteiger partial charge on any atom is 0.304 e. The van der Waals surface area contributed by atoms with Crippen LogP contribution in [0.25, 0.3) is 0 Å². The number of nitrogens with one attached hydrogen (secondary N) is 1. The average molecular weight is 237 g/mol. The Hall–Kier alpha value is -0.660. The van der Waals surface area contributed by atoms with Gasteiger partial charge in [0.05, 0.1) is 18.3 Å². The highest BCUT2D eigenvalue weighted by Crippen LogP contribution is 2.26. The minimum Gasteiger partial charge on any atom is -0.481 e. The van der Waals surface area contributed by atoms with E-state index in [1.807, 2.05) is 0 Å². The van der Waals surface area contributed by atoms with Gasteiger partial charge in [0.15, 0.2) is 0 Å². The molecular weight excluding hydrogens is 222 g/mol. The third-order valence-electron chi connectivity index (χ3n) is 2.39. The van der Waals surface area contributed by atoms with Gasteiger partial charge < -0.3 is 10.2 Å². The molecule has 15 heavy (non-hydrogen) atoms. The van der Waals surface area contributed by atoms with Gasteiger partial charge in [-0.05, 0) is 18.8 Å². The Morgan fingerprint density at radius 1 is 1.40 bits per heavy atom. The number of carbonyl (C=O) groups is 1. The molecule has 0 unspecified atom stereocenters. The van der Waals surface area contributed by atoms with E-state index < -0.39 is 21.7 Å². The van der Waals surface area contributed by atoms with Crippen LogP contribution in [0.5, 0.6) is 0 Å². The van der Waals surface area contributed by atoms with Crippen LogP contribution in [0.3, 0.4) is 0 Å². The molecule has 0 aromatic heterocycles. The lowest BCUT2D eigenvalue weighted by Crippen LogP contribution is -2.39. The molecule has 0 aliphatic heterocycles. The normalized spacial score (nSPS) is 25.9. The Bertz CT molecular complexity index is 320. The lowest BCUT2D eigenvalue weighted by Gasteiger charge is -2.31. The Kier molecular flexibility index (Phi) is 4.06. The van der Waals surface area contributed by atoms with Gasteiger partial charge in [-0.3, -0.25) is 4.79 Å². The highest BCUT2D eigenvalue weighted by molar-refractivity contribution is 7.89. The molecule has 0 spiro atoms. The minimum absolute atomic E-state index is 0.180. The van der Waals surface area contributed by atoms with Gasteiger partial charge in [-0.2, -0.15) is 0 Å². The second kappa shape index (κ2) is 4.91. The zero-order chi connectivity index (χ0) is 11.5. The van der Waals surface area contributed by atoms with Crippen molar-refractivity contribution in [3.05, 3.63) is 0 Å². The van der Waals surface area contributed by atoms with Gasteiger partial charge >= 0.3 is 5.97 Å². The molecule has 0 bridgehead atoms. The molecule has 6 nitrogen and oxygen atoms in total. The maximum atomic E-state index is 11.2. The van der Waals surface area contributed by atoms with Gasteiger partial charge in [-0.15, -0.1) is 0 Å². The molecule has 1 aliphatic rings. The number of hydrogen-bond acceptors (Lipinski definition) is 4. The molecule has 1 aliphatic carbocycles. The zero-order valence-electron chi connectivity index (χ0n) is 8.22. The van der Waals surface area contributed by atoms with Crippen LogP contribution < -0.4 is 4.72 Å². The van der Waals surface area contributed by atoms with E-state index in [9.17, 15) is 13.2 Å². The summed E-state index contributed by atoms with van der Waals surface area (Å²) in [7, 11) is -3.48. The molecule has 88 valence electrons. The summed E-state index contributed by atoms with van der Waals surface area (Å²) in [6, 6.07) is 0. The number of aliphatic carboxylic acids is 1. The van der Waals surface area contributed by atoms with Crippen LogP contribution in [0.15, 0.2) is 0 Å². The summed E-state index contributed by atoms with van der Waals surface area (Å²) in [6.07, 6.45) is 0.532. The van der Waals surface area contributed by atoms with Crippen LogP contribution in [0, 0.1) is 5.92 Å². The maximum absolute atomic E-state index is 11.2. The summed E-state index contributed by atoms with van der Waals surface area (Å²) in [4.78, 5) is 10.2. The van der Waals surface area contributed by atoms with Crippen LogP contribution >= 0.6 is 0 Å². The first-order valence-electron chi connectivity index (χ1n) is 4.76. The Balaban J connectivity index is 2.21. The summed E-state index contributed by atoms with van der Waals surface area (Å²) in [5, 5.41) is 17.3. The van der Waals surface area contributed by atoms with E-state index in [4.69, 9.17) is 10.2 Å². The van der Waals surface area contributed by atoms with E-state index >= 15 is 0 Å². The van der Waals surface area contributed by atoms with E-state index in [1.54, 1.807) is 0 Å². The topological polar surface area (TPSA) is 104 Å². The largest absolute Gasteiger partial charge is 0.481 e. The second-order valence-electron chi connectivity index (χ2n) is 3.80. The number of sulfonamides is 1. The fourth-order valence-electron chi connectivity index (χ4n) is 1.41. The molecule has 7 heteroatoms. The third kappa shape index (κ3) is 4.59. The average Bonchev–Trinajstić information content (AvgIpc) is 2.08. The Morgan fingerprint density at radius 2 is 2.00 bits per heavy atom. The van der Waals surface area contributed by atoms with Crippen LogP contribution in [-0.4, -0.2) is 43.0 Å². The first-order chi connectivity index (χ1) is 6.89. The summed E-state index contributed by atoms with van der Waals surface area (Å²) in [5.74, 6) is -1.34. The highest BCUT2D eigenvalue weighted by Gasteiger charge is 2.28. The number of carboxylic acid groups (broad SMARTS) is 1. The van der Waals surface area contributed by atoms with Gasteiger partial charge in [0.25, 0.3) is 0 Å². The van der Waals surface area contributed by atoms with E-state index in [2.05, 4.69) is 4.72 Å². The van der Waals surface area contributed by atoms with Gasteiger partial charge in [0.2, 0.25) is 10.0 Å². The van der Waals surface area contributed by atoms with Gasteiger partial charge in [0.1, 0.15) is 0 Å². The van der Waals surface area contributed by atoms with Crippen LogP contribution in [-0.2, 0) is 14.8 Å². The first-order valence-corrected chi connectivity index (χ1v) is 6.41. The smallest absolute Gasteiger partial charge is 0.304 e. The quantitative estimate of drug-likeness (QED) is 0.558. The number of carboxylic acids is 1. The number of rotatable bonds is 6. The van der Waals surface area contributed by atoms with Crippen molar-refractivity contribution >= 4 is 16.0 Å². The van der Waals surface area contributed by atoms with E-state index in [0.29, 0.717) is 19.4 Å². The Morgan fingerprint density at radius 3 is 2.47 bits per heavy atom. The lowest BCUT2D eigenvalue weighted by atomic mass is 9.83. The van der Waals surface area contributed by atoms with Gasteiger partial charge in [-0.25, -0.2) is 13.1 Å². The number of aliphatic hydroxyl groups is 1. The van der Waals surface area contributed by atoms with E-state index in [1.165, 1.54) is 0 Å². The second-order valence-corrected chi connectivity index (χ2v) is 5.73. The van der Waals surface area contributed by atoms with Crippen molar-refractivity contribution in [2.75, 3.05) is 12.3 Å². The predicted molar refractivity (Wildman–Crippen MR) is 52.8 cm³/mol. The first kappa shape index (κ1) is 12.4. The standard InChI is InChI=1S/C8H15NO5S/c10-7-3-6(4-7)5-9-15(13,14)2-1-8(11)12/h6-7,9-10H,1-5H2,(H,11,12). The SMILES string of the molecule is O=C(O)CCS(=O)(=O)NCC1CC(O)C1. The molecule has 0 heterocycles. The van der Waals surface area contributed by atoms with Crippen molar-refractivity contribution in [2.24, 2.45) is 5.92 Å². The molecular formula is C8H15NO5S. The molecule has 0 radical (unpaired) electrons. The fourth-order valence-corrected chi connectivity index (χ4v) is 2.48. The minimum atomic E-state index is -3.48. The molecule has 0 aromatic rings. The molecule has 1 fully saturated rings. The van der Waals surface area contributed by atoms with Crippen molar-refractivity contribution in [2.45, 2.75) is 25.4 Å². The lowest BCUT2D eigenvalue weighted by molar-refractivity contribution is -0.136. The molecule has 0 saturated heterocycles. The fraction of sp³-hybridized carbons (Fsp3) is 0.875. The van der Waals surface area contributed by atoms with Crippen LogP contribution in [0.4, 0.5) is 0 Å². The summed E-state index contributed by atoms with van der Waals surface area (Å²) < 4.78 is 24.8. The highest BCUT2D eigenvalue weighted by atomic mass is 32.2. The van der Waals surface area contributed by atoms with E-state index in [0.717, 1.165) is 0 Å². The molecule has 1 rings (SSSR count). The molecule has 0 aromatic carbocycles. The summed E-state index contributed by atoms with van der Waals surface area (Å²) in [6.45, 7) is 0.291. The van der Waals surface area contributed by atoms with Crippen molar-refractivity contribution in [1.29, 1.82) is 0 Å². The molecule has 3 N–H and O–H groups in total. The van der Waals surface area contributed by atoms with Crippen molar-refractivity contribution in [1.82, 2.24) is 4.72 Å². The van der Waals surface area contributed by atoms with Gasteiger partial charge in [-0.1, -0.05) is 0 Å². The Labute approximate surface area is 88.3 Å². The third-order valence-corrected chi connectivity index (χ3v) is 3.74. The molecule has 0 atom stereocenters. The van der Waals surface area contributed by atoms with Crippen molar-refractivity contribution in [3.8, 4) is 0 Å². The van der Waals surface area contributed by atoms with Crippen molar-refractivity contribution in [3.63, 3.8) is 0 Å². The monoisotopic (exact) mass is 237 g/mol. The van der Waals surface area contributed by atoms with Crippen molar-refractivity contribution < 1.29 is 23.4 Å². The number of hydrogen-bond donors (Lipinski definition) is 3. The summed E-state index contributed by atoms with van der Waals surface area (Å²) in [5.41, 5.74) is 0. The predicted octanol–water partition coefficient (Wildman–Crippen LogP) is -0.849. The zero-order valence-corrected chi connectivity index (χ0v) is 9.03. The van der Waals surface area contributed by atoms with Gasteiger partial charge in [0, 0.05) is 6.54 Å². The molecule has 1 saturated carbocycles. The summed E-state index contributed by atoms with van der Waals surface area (Å²) >= 11 is 0. The van der Waals surface area contributed by atoms with Crippen LogP contribution in [0.1, 0.15) is 19.3 Å². The van der Waals surface area contributed by atoms with E-state index in [-0.39, 0.29) is 18.4 Å². The molecule has 0 amide bonds. The van der Waals surface area contributed by atoms with Crippen LogP contribution in [0.2, 0.25) is 0 Å².